The zero-order chi connectivity index (χ0) is 15.6. The number of anilines is 2. The molecule has 21 heavy (non-hydrogen) atoms. The predicted octanol–water partition coefficient (Wildman–Crippen LogP) is 2.84. The molecule has 2 aromatic heterocycles. The van der Waals surface area contributed by atoms with Gasteiger partial charge in [0.15, 0.2) is 0 Å². The minimum absolute atomic E-state index is 0.152. The topological polar surface area (TPSA) is 67.1 Å². The Kier molecular flexibility index (Phi) is 4.68. The summed E-state index contributed by atoms with van der Waals surface area (Å²) in [7, 11) is 4.18. The summed E-state index contributed by atoms with van der Waals surface area (Å²) < 4.78 is 0. The van der Waals surface area contributed by atoms with Crippen LogP contribution >= 0.6 is 11.3 Å². The van der Waals surface area contributed by atoms with E-state index < -0.39 is 0 Å². The lowest BCUT2D eigenvalue weighted by atomic mass is 9.93. The SMILES string of the molecule is CCc1cc2c(NCC(C)(C)CN(C)C)nc(N)nc2s1. The van der Waals surface area contributed by atoms with Crippen LogP contribution < -0.4 is 11.1 Å². The number of nitrogens with two attached hydrogens (primary N) is 1. The fourth-order valence-electron chi connectivity index (χ4n) is 2.53. The highest BCUT2D eigenvalue weighted by molar-refractivity contribution is 7.18. The molecule has 0 aliphatic rings. The molecule has 0 spiro atoms. The van der Waals surface area contributed by atoms with Crippen molar-refractivity contribution in [2.75, 3.05) is 38.2 Å². The Labute approximate surface area is 130 Å². The van der Waals surface area contributed by atoms with Crippen molar-refractivity contribution in [1.82, 2.24) is 14.9 Å². The Morgan fingerprint density at radius 3 is 2.67 bits per heavy atom. The van der Waals surface area contributed by atoms with E-state index >= 15 is 0 Å². The summed E-state index contributed by atoms with van der Waals surface area (Å²) in [4.78, 5) is 13.2. The molecule has 0 unspecified atom stereocenters. The molecule has 6 heteroatoms. The van der Waals surface area contributed by atoms with E-state index in [1.165, 1.54) is 4.88 Å². The van der Waals surface area contributed by atoms with Crippen molar-refractivity contribution < 1.29 is 0 Å². The quantitative estimate of drug-likeness (QED) is 0.859. The van der Waals surface area contributed by atoms with Gasteiger partial charge in [0, 0.05) is 18.0 Å². The maximum atomic E-state index is 5.83. The van der Waals surface area contributed by atoms with E-state index in [4.69, 9.17) is 5.73 Å². The Balaban J connectivity index is 2.23. The third kappa shape index (κ3) is 4.04. The summed E-state index contributed by atoms with van der Waals surface area (Å²) in [6, 6.07) is 2.17. The first-order valence-electron chi connectivity index (χ1n) is 7.25. The zero-order valence-electron chi connectivity index (χ0n) is 13.5. The summed E-state index contributed by atoms with van der Waals surface area (Å²) in [6.45, 7) is 8.48. The van der Waals surface area contributed by atoms with Gasteiger partial charge >= 0.3 is 0 Å². The number of fused-ring (bicyclic) bond motifs is 1. The van der Waals surface area contributed by atoms with Crippen LogP contribution in [0.2, 0.25) is 0 Å². The number of thiophene rings is 1. The normalized spacial score (nSPS) is 12.3. The Bertz CT molecular complexity index is 618. The smallest absolute Gasteiger partial charge is 0.223 e. The molecule has 3 N–H and O–H groups in total. The average molecular weight is 307 g/mol. The lowest BCUT2D eigenvalue weighted by Crippen LogP contribution is -2.34. The molecule has 0 saturated heterocycles. The number of aryl methyl sites for hydroxylation is 1. The highest BCUT2D eigenvalue weighted by atomic mass is 32.1. The first-order valence-corrected chi connectivity index (χ1v) is 8.07. The van der Waals surface area contributed by atoms with Gasteiger partial charge in [-0.2, -0.15) is 4.98 Å². The van der Waals surface area contributed by atoms with Gasteiger partial charge in [0.2, 0.25) is 5.95 Å². The molecule has 0 aliphatic carbocycles. The number of hydrogen-bond donors (Lipinski definition) is 2. The lowest BCUT2D eigenvalue weighted by molar-refractivity contribution is 0.254. The summed E-state index contributed by atoms with van der Waals surface area (Å²) >= 11 is 1.69. The maximum absolute atomic E-state index is 5.83. The Hall–Kier alpha value is -1.40. The van der Waals surface area contributed by atoms with E-state index in [0.717, 1.165) is 35.5 Å². The second-order valence-corrected chi connectivity index (χ2v) is 7.59. The van der Waals surface area contributed by atoms with Gasteiger partial charge in [0.1, 0.15) is 10.6 Å². The molecular formula is C15H25N5S. The van der Waals surface area contributed by atoms with Crippen LogP contribution in [0, 0.1) is 5.41 Å². The van der Waals surface area contributed by atoms with Crippen molar-refractivity contribution in [3.05, 3.63) is 10.9 Å². The van der Waals surface area contributed by atoms with Crippen LogP contribution in [-0.4, -0.2) is 42.1 Å². The van der Waals surface area contributed by atoms with Crippen molar-refractivity contribution in [3.63, 3.8) is 0 Å². The van der Waals surface area contributed by atoms with Crippen LogP contribution in [0.4, 0.5) is 11.8 Å². The minimum Gasteiger partial charge on any atom is -0.369 e. The molecular weight excluding hydrogens is 282 g/mol. The molecule has 5 nitrogen and oxygen atoms in total. The fourth-order valence-corrected chi connectivity index (χ4v) is 3.51. The van der Waals surface area contributed by atoms with E-state index in [2.05, 4.69) is 61.1 Å². The summed E-state index contributed by atoms with van der Waals surface area (Å²) in [5.41, 5.74) is 5.98. The minimum atomic E-state index is 0.152. The molecule has 0 aliphatic heterocycles. The monoisotopic (exact) mass is 307 g/mol. The van der Waals surface area contributed by atoms with Gasteiger partial charge < -0.3 is 16.0 Å². The predicted molar refractivity (Wildman–Crippen MR) is 92.0 cm³/mol. The fraction of sp³-hybridized carbons (Fsp3) is 0.600. The van der Waals surface area contributed by atoms with Gasteiger partial charge in [-0.25, -0.2) is 4.98 Å². The molecule has 0 bridgehead atoms. The second kappa shape index (κ2) is 6.15. The van der Waals surface area contributed by atoms with Gasteiger partial charge in [0.25, 0.3) is 0 Å². The number of nitrogens with zero attached hydrogens (tertiary/aromatic N) is 3. The molecule has 0 radical (unpaired) electrons. The van der Waals surface area contributed by atoms with E-state index in [9.17, 15) is 0 Å². The van der Waals surface area contributed by atoms with Crippen molar-refractivity contribution in [2.45, 2.75) is 27.2 Å². The van der Waals surface area contributed by atoms with E-state index in [-0.39, 0.29) is 5.41 Å². The molecule has 0 saturated carbocycles. The van der Waals surface area contributed by atoms with Crippen LogP contribution in [0.25, 0.3) is 10.2 Å². The number of rotatable bonds is 6. The molecule has 2 aromatic rings. The number of nitrogens with one attached hydrogen (secondary N) is 1. The van der Waals surface area contributed by atoms with Gasteiger partial charge in [-0.15, -0.1) is 11.3 Å². The molecule has 116 valence electrons. The van der Waals surface area contributed by atoms with Gasteiger partial charge in [-0.1, -0.05) is 20.8 Å². The summed E-state index contributed by atoms with van der Waals surface area (Å²) in [6.07, 6.45) is 1.01. The van der Waals surface area contributed by atoms with E-state index in [0.29, 0.717) is 5.95 Å². The average Bonchev–Trinajstić information content (AvgIpc) is 2.77. The van der Waals surface area contributed by atoms with Crippen molar-refractivity contribution in [1.29, 1.82) is 0 Å². The van der Waals surface area contributed by atoms with Gasteiger partial charge in [-0.3, -0.25) is 0 Å². The van der Waals surface area contributed by atoms with Crippen molar-refractivity contribution >= 4 is 33.3 Å². The van der Waals surface area contributed by atoms with Crippen LogP contribution in [0.15, 0.2) is 6.07 Å². The van der Waals surface area contributed by atoms with Crippen LogP contribution in [-0.2, 0) is 6.42 Å². The molecule has 0 aromatic carbocycles. The van der Waals surface area contributed by atoms with Crippen molar-refractivity contribution in [3.8, 4) is 0 Å². The first-order chi connectivity index (χ1) is 9.80. The molecule has 2 rings (SSSR count). The summed E-state index contributed by atoms with van der Waals surface area (Å²) in [5, 5.41) is 4.54. The number of nitrogen functional groups attached to an aromatic ring is 1. The van der Waals surface area contributed by atoms with Crippen LogP contribution in [0.1, 0.15) is 25.6 Å². The lowest BCUT2D eigenvalue weighted by Gasteiger charge is -2.28. The third-order valence-corrected chi connectivity index (χ3v) is 4.46. The molecule has 0 atom stereocenters. The van der Waals surface area contributed by atoms with Crippen molar-refractivity contribution in [2.24, 2.45) is 5.41 Å². The molecule has 2 heterocycles. The largest absolute Gasteiger partial charge is 0.369 e. The standard InChI is InChI=1S/C15H25N5S/c1-6-10-7-11-12(18-14(16)19-13(11)21-10)17-8-15(2,3)9-20(4)5/h7H,6,8-9H2,1-5H3,(H3,16,17,18,19). The molecule has 0 amide bonds. The van der Waals surface area contributed by atoms with Crippen LogP contribution in [0.3, 0.4) is 0 Å². The maximum Gasteiger partial charge on any atom is 0.223 e. The zero-order valence-corrected chi connectivity index (χ0v) is 14.3. The second-order valence-electron chi connectivity index (χ2n) is 6.47. The van der Waals surface area contributed by atoms with Crippen LogP contribution in [0.5, 0.6) is 0 Å². The number of hydrogen-bond acceptors (Lipinski definition) is 6. The summed E-state index contributed by atoms with van der Waals surface area (Å²) in [5.74, 6) is 1.18. The highest BCUT2D eigenvalue weighted by Crippen LogP contribution is 2.30. The Morgan fingerprint density at radius 1 is 1.33 bits per heavy atom. The van der Waals surface area contributed by atoms with E-state index in [1.807, 2.05) is 0 Å². The Morgan fingerprint density at radius 2 is 2.05 bits per heavy atom. The van der Waals surface area contributed by atoms with E-state index in [1.54, 1.807) is 11.3 Å². The first kappa shape index (κ1) is 16.0. The molecule has 0 fully saturated rings. The third-order valence-electron chi connectivity index (χ3n) is 3.29. The van der Waals surface area contributed by atoms with Gasteiger partial charge in [0.05, 0.1) is 5.39 Å². The highest BCUT2D eigenvalue weighted by Gasteiger charge is 2.20. The number of aromatic nitrogens is 2. The van der Waals surface area contributed by atoms with Gasteiger partial charge in [-0.05, 0) is 32.0 Å².